The minimum absolute atomic E-state index is 0.235. The van der Waals surface area contributed by atoms with Gasteiger partial charge in [-0.1, -0.05) is 56.9 Å². The normalized spacial score (nSPS) is 10.8. The van der Waals surface area contributed by atoms with Crippen LogP contribution in [0.15, 0.2) is 24.3 Å². The molecule has 0 bridgehead atoms. The summed E-state index contributed by atoms with van der Waals surface area (Å²) in [7, 11) is 0. The van der Waals surface area contributed by atoms with E-state index in [4.69, 9.17) is 5.11 Å². The van der Waals surface area contributed by atoms with E-state index in [-0.39, 0.29) is 6.54 Å². The highest BCUT2D eigenvalue weighted by molar-refractivity contribution is 5.67. The number of tetrazole rings is 1. The van der Waals surface area contributed by atoms with Gasteiger partial charge in [-0.3, -0.25) is 4.79 Å². The lowest BCUT2D eigenvalue weighted by Gasteiger charge is -2.04. The fourth-order valence-electron chi connectivity index (χ4n) is 2.40. The Bertz CT molecular complexity index is 592. The summed E-state index contributed by atoms with van der Waals surface area (Å²) in [5, 5.41) is 20.0. The Hall–Kier alpha value is -2.24. The molecular formula is C16H22N4O2. The number of aliphatic carboxylic acids is 1. The van der Waals surface area contributed by atoms with Crippen LogP contribution in [0.4, 0.5) is 0 Å². The highest BCUT2D eigenvalue weighted by Crippen LogP contribution is 2.18. The number of carboxylic acids is 1. The maximum Gasteiger partial charge on any atom is 0.325 e. The molecule has 6 nitrogen and oxygen atoms in total. The van der Waals surface area contributed by atoms with E-state index >= 15 is 0 Å². The first-order valence-electron chi connectivity index (χ1n) is 7.78. The van der Waals surface area contributed by atoms with Crippen molar-refractivity contribution < 1.29 is 9.90 Å². The second-order valence-corrected chi connectivity index (χ2v) is 5.42. The molecule has 22 heavy (non-hydrogen) atoms. The van der Waals surface area contributed by atoms with Gasteiger partial charge in [0.15, 0.2) is 5.82 Å². The maximum absolute atomic E-state index is 10.8. The number of aromatic nitrogens is 4. The molecule has 0 spiro atoms. The van der Waals surface area contributed by atoms with Gasteiger partial charge in [-0.15, -0.1) is 5.10 Å². The molecule has 0 unspecified atom stereocenters. The van der Waals surface area contributed by atoms with Crippen molar-refractivity contribution in [1.29, 1.82) is 0 Å². The molecule has 1 aromatic heterocycles. The van der Waals surface area contributed by atoms with E-state index < -0.39 is 5.97 Å². The first-order valence-corrected chi connectivity index (χ1v) is 7.78. The monoisotopic (exact) mass is 302 g/mol. The minimum atomic E-state index is -0.961. The molecule has 0 radical (unpaired) electrons. The summed E-state index contributed by atoms with van der Waals surface area (Å²) in [5.74, 6) is -0.478. The molecule has 1 N–H and O–H groups in total. The molecule has 118 valence electrons. The van der Waals surface area contributed by atoms with Gasteiger partial charge in [-0.2, -0.15) is 0 Å². The molecule has 0 saturated carbocycles. The Morgan fingerprint density at radius 1 is 1.14 bits per heavy atom. The van der Waals surface area contributed by atoms with Crippen molar-refractivity contribution in [3.63, 3.8) is 0 Å². The molecule has 0 fully saturated rings. The van der Waals surface area contributed by atoms with Crippen molar-refractivity contribution in [2.24, 2.45) is 0 Å². The van der Waals surface area contributed by atoms with Crippen molar-refractivity contribution in [2.45, 2.75) is 52.0 Å². The molecule has 0 saturated heterocycles. The molecule has 2 rings (SSSR count). The summed E-state index contributed by atoms with van der Waals surface area (Å²) < 4.78 is 1.29. The molecule has 1 heterocycles. The third kappa shape index (κ3) is 4.65. The quantitative estimate of drug-likeness (QED) is 0.720. The van der Waals surface area contributed by atoms with Gasteiger partial charge in [0.05, 0.1) is 0 Å². The van der Waals surface area contributed by atoms with Crippen LogP contribution in [0, 0.1) is 0 Å². The number of aryl methyl sites for hydroxylation is 1. The zero-order chi connectivity index (χ0) is 15.8. The number of rotatable bonds is 9. The lowest BCUT2D eigenvalue weighted by atomic mass is 10.0. The Morgan fingerprint density at radius 2 is 1.86 bits per heavy atom. The zero-order valence-electron chi connectivity index (χ0n) is 12.9. The van der Waals surface area contributed by atoms with Gasteiger partial charge in [0.2, 0.25) is 0 Å². The smallest absolute Gasteiger partial charge is 0.325 e. The Morgan fingerprint density at radius 3 is 2.55 bits per heavy atom. The van der Waals surface area contributed by atoms with Crippen LogP contribution < -0.4 is 0 Å². The molecule has 0 aliphatic carbocycles. The molecule has 0 aliphatic heterocycles. The van der Waals surface area contributed by atoms with Gasteiger partial charge in [0, 0.05) is 5.56 Å². The van der Waals surface area contributed by atoms with E-state index in [2.05, 4.69) is 34.6 Å². The molecule has 2 aromatic rings. The lowest BCUT2D eigenvalue weighted by molar-refractivity contribution is -0.137. The molecule has 6 heteroatoms. The Balaban J connectivity index is 1.94. The largest absolute Gasteiger partial charge is 0.480 e. The van der Waals surface area contributed by atoms with E-state index in [1.807, 2.05) is 12.1 Å². The van der Waals surface area contributed by atoms with Crippen LogP contribution in [-0.4, -0.2) is 31.3 Å². The van der Waals surface area contributed by atoms with Gasteiger partial charge in [-0.25, -0.2) is 4.68 Å². The topological polar surface area (TPSA) is 80.9 Å². The van der Waals surface area contributed by atoms with Crippen LogP contribution in [0.2, 0.25) is 0 Å². The van der Waals surface area contributed by atoms with Crippen LogP contribution in [0.25, 0.3) is 11.4 Å². The average molecular weight is 302 g/mol. The van der Waals surface area contributed by atoms with Crippen LogP contribution >= 0.6 is 0 Å². The highest BCUT2D eigenvalue weighted by atomic mass is 16.4. The van der Waals surface area contributed by atoms with Crippen LogP contribution in [0.3, 0.4) is 0 Å². The first-order chi connectivity index (χ1) is 10.7. The fourth-order valence-corrected chi connectivity index (χ4v) is 2.40. The van der Waals surface area contributed by atoms with Gasteiger partial charge >= 0.3 is 5.97 Å². The molecule has 0 atom stereocenters. The van der Waals surface area contributed by atoms with E-state index in [1.165, 1.54) is 42.3 Å². The number of benzene rings is 1. The van der Waals surface area contributed by atoms with Crippen molar-refractivity contribution in [2.75, 3.05) is 0 Å². The standard InChI is InChI=1S/C16H22N4O2/c1-2-3-4-5-6-7-13-8-10-14(11-9-13)16-17-18-19-20(16)12-15(21)22/h8-11H,2-7,12H2,1H3,(H,21,22). The second kappa shape index (κ2) is 8.26. The lowest BCUT2D eigenvalue weighted by Crippen LogP contribution is -2.11. The summed E-state index contributed by atoms with van der Waals surface area (Å²) in [5.41, 5.74) is 2.12. The number of carboxylic acid groups (broad SMARTS) is 1. The Labute approximate surface area is 130 Å². The van der Waals surface area contributed by atoms with E-state index in [9.17, 15) is 4.79 Å². The molecule has 1 aromatic carbocycles. The van der Waals surface area contributed by atoms with E-state index in [1.54, 1.807) is 0 Å². The fraction of sp³-hybridized carbons (Fsp3) is 0.500. The number of hydrogen-bond donors (Lipinski definition) is 1. The van der Waals surface area contributed by atoms with Crippen molar-refractivity contribution in [3.8, 4) is 11.4 Å². The number of hydrogen-bond acceptors (Lipinski definition) is 4. The highest BCUT2D eigenvalue weighted by Gasteiger charge is 2.11. The summed E-state index contributed by atoms with van der Waals surface area (Å²) in [6.07, 6.45) is 7.43. The first kappa shape index (κ1) is 16.1. The van der Waals surface area contributed by atoms with Crippen molar-refractivity contribution in [3.05, 3.63) is 29.8 Å². The van der Waals surface area contributed by atoms with Gasteiger partial charge in [0.25, 0.3) is 0 Å². The number of carbonyl (C=O) groups is 1. The van der Waals surface area contributed by atoms with Gasteiger partial charge in [0.1, 0.15) is 6.54 Å². The predicted octanol–water partition coefficient (Wildman–Crippen LogP) is 2.94. The zero-order valence-corrected chi connectivity index (χ0v) is 12.9. The molecular weight excluding hydrogens is 280 g/mol. The van der Waals surface area contributed by atoms with E-state index in [0.717, 1.165) is 12.0 Å². The van der Waals surface area contributed by atoms with Crippen molar-refractivity contribution in [1.82, 2.24) is 20.2 Å². The van der Waals surface area contributed by atoms with Crippen molar-refractivity contribution >= 4 is 5.97 Å². The van der Waals surface area contributed by atoms with Crippen LogP contribution in [0.5, 0.6) is 0 Å². The Kier molecular flexibility index (Phi) is 6.06. The molecule has 0 aliphatic rings. The number of nitrogens with zero attached hydrogens (tertiary/aromatic N) is 4. The number of unbranched alkanes of at least 4 members (excludes halogenated alkanes) is 4. The maximum atomic E-state index is 10.8. The third-order valence-corrected chi connectivity index (χ3v) is 3.60. The molecule has 0 amide bonds. The van der Waals surface area contributed by atoms with Gasteiger partial charge < -0.3 is 5.11 Å². The third-order valence-electron chi connectivity index (χ3n) is 3.60. The average Bonchev–Trinajstić information content (AvgIpc) is 2.95. The SMILES string of the molecule is CCCCCCCc1ccc(-c2nnnn2CC(=O)O)cc1. The second-order valence-electron chi connectivity index (χ2n) is 5.42. The van der Waals surface area contributed by atoms with E-state index in [0.29, 0.717) is 5.82 Å². The summed E-state index contributed by atoms with van der Waals surface area (Å²) in [4.78, 5) is 10.8. The predicted molar refractivity (Wildman–Crippen MR) is 83.4 cm³/mol. The summed E-state index contributed by atoms with van der Waals surface area (Å²) in [6, 6.07) is 8.03. The summed E-state index contributed by atoms with van der Waals surface area (Å²) >= 11 is 0. The minimum Gasteiger partial charge on any atom is -0.480 e. The van der Waals surface area contributed by atoms with Gasteiger partial charge in [-0.05, 0) is 28.8 Å². The van der Waals surface area contributed by atoms with Crippen LogP contribution in [0.1, 0.15) is 44.6 Å². The van der Waals surface area contributed by atoms with Crippen LogP contribution in [-0.2, 0) is 17.8 Å². The summed E-state index contributed by atoms with van der Waals surface area (Å²) in [6.45, 7) is 1.98.